The van der Waals surface area contributed by atoms with Crippen LogP contribution in [0.2, 0.25) is 0 Å². The summed E-state index contributed by atoms with van der Waals surface area (Å²) >= 11 is 3.42. The summed E-state index contributed by atoms with van der Waals surface area (Å²) in [5.41, 5.74) is 4.79. The first-order valence-corrected chi connectivity index (χ1v) is 13.5. The molecule has 0 aliphatic carbocycles. The number of fused-ring (bicyclic) bond motifs is 2. The number of H-pyrrole nitrogens is 1. The Morgan fingerprint density at radius 3 is 3.03 bits per heavy atom. The average molecular weight is 598 g/mol. The highest BCUT2D eigenvalue weighted by molar-refractivity contribution is 9.10. The van der Waals surface area contributed by atoms with Crippen LogP contribution in [0.4, 0.5) is 10.7 Å². The van der Waals surface area contributed by atoms with E-state index < -0.39 is 49.7 Å². The van der Waals surface area contributed by atoms with Crippen molar-refractivity contribution in [3.05, 3.63) is 51.0 Å². The Hall–Kier alpha value is -2.81. The highest BCUT2D eigenvalue weighted by Gasteiger charge is 2.64. The molecule has 1 aromatic carbocycles. The number of carbonyl (C=O) groups is 1. The molecule has 0 radical (unpaired) electrons. The van der Waals surface area contributed by atoms with Crippen LogP contribution in [0.5, 0.6) is 0 Å². The van der Waals surface area contributed by atoms with Gasteiger partial charge in [-0.3, -0.25) is 27.9 Å². The summed E-state index contributed by atoms with van der Waals surface area (Å²) in [6.07, 6.45) is -2.49. The number of anilines is 1. The van der Waals surface area contributed by atoms with Gasteiger partial charge in [0.25, 0.3) is 5.56 Å². The maximum Gasteiger partial charge on any atom is 0.509 e. The van der Waals surface area contributed by atoms with E-state index in [0.29, 0.717) is 6.42 Å². The van der Waals surface area contributed by atoms with Gasteiger partial charge >= 0.3 is 14.0 Å². The molecule has 3 aliphatic heterocycles. The number of phosphoric acid groups is 1. The minimum absolute atomic E-state index is 0.0231. The first kappa shape index (κ1) is 24.5. The van der Waals surface area contributed by atoms with Crippen LogP contribution in [0.1, 0.15) is 31.2 Å². The number of carbonyl (C=O) groups excluding carboxylic acids is 1. The molecule has 3 aliphatic rings. The molecular formula is C21H21BrN5O9P. The van der Waals surface area contributed by atoms with E-state index in [1.807, 2.05) is 24.3 Å². The van der Waals surface area contributed by atoms with Crippen LogP contribution < -0.4 is 11.3 Å². The number of aromatic nitrogens is 4. The van der Waals surface area contributed by atoms with Crippen molar-refractivity contribution in [2.24, 2.45) is 0 Å². The smallest absolute Gasteiger partial charge is 0.424 e. The minimum Gasteiger partial charge on any atom is -0.424 e. The van der Waals surface area contributed by atoms with Gasteiger partial charge in [0.05, 0.1) is 25.6 Å². The molecule has 14 nitrogen and oxygen atoms in total. The predicted molar refractivity (Wildman–Crippen MR) is 128 cm³/mol. The molecule has 196 valence electrons. The number of imidazole rings is 1. The summed E-state index contributed by atoms with van der Waals surface area (Å²) in [6, 6.07) is 7.45. The van der Waals surface area contributed by atoms with Gasteiger partial charge in [0, 0.05) is 10.9 Å². The minimum atomic E-state index is -3.98. The molecule has 5 heterocycles. The number of hydrogen-bond donors (Lipinski definition) is 2. The number of hydrogen-bond acceptors (Lipinski definition) is 12. The van der Waals surface area contributed by atoms with Crippen molar-refractivity contribution >= 4 is 47.0 Å². The molecule has 37 heavy (non-hydrogen) atoms. The van der Waals surface area contributed by atoms with Crippen LogP contribution in [0.15, 0.2) is 39.9 Å². The molecule has 0 bridgehead atoms. The average Bonchev–Trinajstić information content (AvgIpc) is 3.47. The Labute approximate surface area is 217 Å². The summed E-state index contributed by atoms with van der Waals surface area (Å²) in [7, 11) is -3.98. The van der Waals surface area contributed by atoms with Gasteiger partial charge in [-0.1, -0.05) is 28.1 Å². The zero-order chi connectivity index (χ0) is 25.9. The molecule has 0 amide bonds. The van der Waals surface area contributed by atoms with Crippen LogP contribution in [-0.2, 0) is 32.3 Å². The third-order valence-electron chi connectivity index (χ3n) is 6.43. The number of phosphoric ester groups is 1. The molecular weight excluding hydrogens is 577 g/mol. The molecule has 0 unspecified atom stereocenters. The maximum atomic E-state index is 13.3. The number of halogens is 1. The van der Waals surface area contributed by atoms with Gasteiger partial charge in [-0.05, 0) is 24.6 Å². The second kappa shape index (κ2) is 8.89. The van der Waals surface area contributed by atoms with Gasteiger partial charge in [-0.2, -0.15) is 4.98 Å². The number of aromatic amines is 1. The Morgan fingerprint density at radius 2 is 2.22 bits per heavy atom. The second-order valence-corrected chi connectivity index (χ2v) is 11.4. The van der Waals surface area contributed by atoms with E-state index in [0.717, 1.165) is 10.0 Å². The Bertz CT molecular complexity index is 1500. The zero-order valence-electron chi connectivity index (χ0n) is 19.2. The number of rotatable bonds is 5. The standard InChI is InChI=1S/C21H21BrN5O9P/c1-21-15(34-20(29)35-21)13(33-18(21)27-9-24-14-16(27)25-19(23)26-17(14)28)8-32-37(30)31-6-5-12(36-37)10-3-2-4-11(22)7-10/h2-4,7,9,12-13,15,18H,5-6,8H2,1H3,(H3,23,25,26,28)/t12-,13+,15+,18+,21+,37+/m0/s1. The van der Waals surface area contributed by atoms with Crippen molar-refractivity contribution < 1.29 is 37.1 Å². The summed E-state index contributed by atoms with van der Waals surface area (Å²) in [5.74, 6) is -0.122. The van der Waals surface area contributed by atoms with E-state index in [-0.39, 0.29) is 30.3 Å². The van der Waals surface area contributed by atoms with Crippen molar-refractivity contribution in [3.63, 3.8) is 0 Å². The lowest BCUT2D eigenvalue weighted by atomic mass is 9.96. The number of nitrogens with zero attached hydrogens (tertiary/aromatic N) is 3. The molecule has 2 aromatic heterocycles. The molecule has 3 N–H and O–H groups in total. The topological polar surface area (TPSA) is 179 Å². The number of ether oxygens (including phenoxy) is 3. The molecule has 0 saturated carbocycles. The van der Waals surface area contributed by atoms with Crippen LogP contribution >= 0.6 is 23.8 Å². The molecule has 3 aromatic rings. The van der Waals surface area contributed by atoms with Crippen LogP contribution in [-0.4, -0.2) is 56.7 Å². The lowest BCUT2D eigenvalue weighted by molar-refractivity contribution is -0.0925. The zero-order valence-corrected chi connectivity index (χ0v) is 21.7. The van der Waals surface area contributed by atoms with Crippen molar-refractivity contribution in [2.75, 3.05) is 18.9 Å². The fourth-order valence-electron chi connectivity index (χ4n) is 4.75. The predicted octanol–water partition coefficient (Wildman–Crippen LogP) is 2.96. The number of nitrogen functional groups attached to an aromatic ring is 1. The lowest BCUT2D eigenvalue weighted by Gasteiger charge is -2.30. The van der Waals surface area contributed by atoms with Crippen LogP contribution in [0.3, 0.4) is 0 Å². The van der Waals surface area contributed by atoms with Crippen molar-refractivity contribution in [1.29, 1.82) is 0 Å². The van der Waals surface area contributed by atoms with Crippen LogP contribution in [0.25, 0.3) is 11.2 Å². The van der Waals surface area contributed by atoms with E-state index in [1.54, 1.807) is 6.92 Å². The summed E-state index contributed by atoms with van der Waals surface area (Å²) < 4.78 is 49.3. The molecule has 16 heteroatoms. The molecule has 6 rings (SSSR count). The highest BCUT2D eigenvalue weighted by Crippen LogP contribution is 2.58. The Balaban J connectivity index is 1.24. The monoisotopic (exact) mass is 597 g/mol. The van der Waals surface area contributed by atoms with Gasteiger partial charge < -0.3 is 19.9 Å². The Kier molecular flexibility index (Phi) is 5.89. The number of nitrogens with two attached hydrogens (primary N) is 1. The van der Waals surface area contributed by atoms with Crippen molar-refractivity contribution in [3.8, 4) is 0 Å². The lowest BCUT2D eigenvalue weighted by Crippen LogP contribution is -2.42. The van der Waals surface area contributed by atoms with E-state index in [1.165, 1.54) is 10.9 Å². The van der Waals surface area contributed by atoms with E-state index in [4.69, 9.17) is 33.5 Å². The van der Waals surface area contributed by atoms with E-state index in [9.17, 15) is 14.2 Å². The van der Waals surface area contributed by atoms with E-state index >= 15 is 0 Å². The SMILES string of the molecule is C[C@@]12OC(=O)O[C@@H]1[C@@H](CO[P@@]1(=O)OCC[C@@H](c3cccc(Br)c3)O1)O[C@H]2n1cnc2c(=O)[nH]c(N)nc21. The van der Waals surface area contributed by atoms with Crippen molar-refractivity contribution in [2.45, 2.75) is 43.5 Å². The van der Waals surface area contributed by atoms with Crippen LogP contribution in [0, 0.1) is 0 Å². The number of benzene rings is 1. The van der Waals surface area contributed by atoms with Gasteiger partial charge in [-0.25, -0.2) is 14.3 Å². The van der Waals surface area contributed by atoms with Gasteiger partial charge in [0.15, 0.2) is 29.1 Å². The van der Waals surface area contributed by atoms with E-state index in [2.05, 4.69) is 30.9 Å². The molecule has 0 spiro atoms. The fraction of sp³-hybridized carbons (Fsp3) is 0.429. The fourth-order valence-corrected chi connectivity index (χ4v) is 6.56. The largest absolute Gasteiger partial charge is 0.509 e. The highest BCUT2D eigenvalue weighted by atomic mass is 79.9. The second-order valence-electron chi connectivity index (χ2n) is 8.89. The molecule has 6 atom stereocenters. The van der Waals surface area contributed by atoms with Gasteiger partial charge in [-0.15, -0.1) is 0 Å². The first-order chi connectivity index (χ1) is 17.6. The summed E-state index contributed by atoms with van der Waals surface area (Å²) in [4.78, 5) is 35.0. The third-order valence-corrected chi connectivity index (χ3v) is 8.40. The maximum absolute atomic E-state index is 13.3. The van der Waals surface area contributed by atoms with Crippen molar-refractivity contribution in [1.82, 2.24) is 19.5 Å². The number of nitrogens with one attached hydrogen (secondary N) is 1. The summed E-state index contributed by atoms with van der Waals surface area (Å²) in [5, 5.41) is 0. The molecule has 3 fully saturated rings. The first-order valence-electron chi connectivity index (χ1n) is 11.3. The summed E-state index contributed by atoms with van der Waals surface area (Å²) in [6.45, 7) is 1.46. The normalized spacial score (nSPS) is 33.3. The van der Waals surface area contributed by atoms with Gasteiger partial charge in [0.2, 0.25) is 5.95 Å². The Morgan fingerprint density at radius 1 is 1.38 bits per heavy atom. The van der Waals surface area contributed by atoms with Gasteiger partial charge in [0.1, 0.15) is 6.10 Å². The quantitative estimate of drug-likeness (QED) is 0.325. The molecule has 3 saturated heterocycles. The third kappa shape index (κ3) is 4.25.